The Morgan fingerprint density at radius 2 is 2.35 bits per heavy atom. The van der Waals surface area contributed by atoms with Gasteiger partial charge in [-0.15, -0.1) is 0 Å². The smallest absolute Gasteiger partial charge is 0.254 e. The number of hydrogen-bond acceptors (Lipinski definition) is 4. The first kappa shape index (κ1) is 10.2. The van der Waals surface area contributed by atoms with E-state index in [4.69, 9.17) is 0 Å². The predicted octanol–water partition coefficient (Wildman–Crippen LogP) is -0.253. The molecule has 0 spiro atoms. The lowest BCUT2D eigenvalue weighted by Crippen LogP contribution is -2.36. The van der Waals surface area contributed by atoms with Crippen LogP contribution < -0.4 is 10.9 Å². The fourth-order valence-electron chi connectivity index (χ4n) is 2.08. The van der Waals surface area contributed by atoms with E-state index in [1.807, 2.05) is 13.1 Å². The molecule has 0 aromatic carbocycles. The van der Waals surface area contributed by atoms with Gasteiger partial charge in [-0.3, -0.25) is 14.0 Å². The van der Waals surface area contributed by atoms with Crippen molar-refractivity contribution in [2.75, 3.05) is 6.54 Å². The number of nitrogens with one attached hydrogen (secondary N) is 1. The van der Waals surface area contributed by atoms with Crippen LogP contribution in [0.2, 0.25) is 0 Å². The van der Waals surface area contributed by atoms with Gasteiger partial charge < -0.3 is 5.32 Å². The van der Waals surface area contributed by atoms with Gasteiger partial charge in [-0.25, -0.2) is 4.98 Å². The minimum Gasteiger partial charge on any atom is -0.308 e. The zero-order valence-corrected chi connectivity index (χ0v) is 9.55. The highest BCUT2D eigenvalue weighted by molar-refractivity contribution is 5.53. The van der Waals surface area contributed by atoms with Gasteiger partial charge in [-0.1, -0.05) is 0 Å². The van der Waals surface area contributed by atoms with E-state index in [0.717, 1.165) is 18.1 Å². The molecule has 1 N–H and O–H groups in total. The fraction of sp³-hybridized carbons (Fsp3) is 0.364. The third-order valence-corrected chi connectivity index (χ3v) is 2.97. The largest absolute Gasteiger partial charge is 0.308 e. The van der Waals surface area contributed by atoms with Crippen molar-refractivity contribution in [3.05, 3.63) is 34.5 Å². The number of aromatic nitrogens is 4. The van der Waals surface area contributed by atoms with Crippen molar-refractivity contribution in [2.45, 2.75) is 13.1 Å². The van der Waals surface area contributed by atoms with Crippen molar-refractivity contribution >= 4 is 0 Å². The van der Waals surface area contributed by atoms with Gasteiger partial charge in [0.15, 0.2) is 0 Å². The predicted molar refractivity (Wildman–Crippen MR) is 62.4 cm³/mol. The zero-order valence-electron chi connectivity index (χ0n) is 9.55. The van der Waals surface area contributed by atoms with Gasteiger partial charge >= 0.3 is 0 Å². The average molecular weight is 231 g/mol. The molecule has 6 heteroatoms. The molecule has 3 rings (SSSR count). The van der Waals surface area contributed by atoms with Gasteiger partial charge in [0.1, 0.15) is 5.82 Å². The van der Waals surface area contributed by atoms with Crippen molar-refractivity contribution in [1.82, 2.24) is 24.6 Å². The van der Waals surface area contributed by atoms with E-state index < -0.39 is 0 Å². The highest BCUT2D eigenvalue weighted by Gasteiger charge is 2.14. The summed E-state index contributed by atoms with van der Waals surface area (Å²) in [6, 6.07) is 3.43. The van der Waals surface area contributed by atoms with Crippen LogP contribution in [0.4, 0.5) is 0 Å². The summed E-state index contributed by atoms with van der Waals surface area (Å²) in [5, 5.41) is 7.30. The van der Waals surface area contributed by atoms with Gasteiger partial charge in [-0.05, 0) is 6.07 Å². The second-order valence-corrected chi connectivity index (χ2v) is 4.06. The minimum atomic E-state index is 0.00713. The Kier molecular flexibility index (Phi) is 2.29. The molecular formula is C11H13N5O. The first-order valence-corrected chi connectivity index (χ1v) is 5.55. The number of fused-ring (bicyclic) bond motifs is 1. The summed E-state index contributed by atoms with van der Waals surface area (Å²) >= 11 is 0. The SMILES string of the molecule is Cn1nccc1-c1cc(=O)n2c(n1)CNCC2. The normalized spacial score (nSPS) is 14.6. The average Bonchev–Trinajstić information content (AvgIpc) is 2.75. The fourth-order valence-corrected chi connectivity index (χ4v) is 2.08. The molecule has 0 fully saturated rings. The molecule has 0 unspecified atom stereocenters. The summed E-state index contributed by atoms with van der Waals surface area (Å²) in [6.45, 7) is 2.15. The molecule has 2 aromatic heterocycles. The van der Waals surface area contributed by atoms with Crippen LogP contribution in [-0.4, -0.2) is 25.9 Å². The van der Waals surface area contributed by atoms with Crippen molar-refractivity contribution in [2.24, 2.45) is 7.05 Å². The van der Waals surface area contributed by atoms with E-state index >= 15 is 0 Å². The Morgan fingerprint density at radius 3 is 3.12 bits per heavy atom. The lowest BCUT2D eigenvalue weighted by molar-refractivity contribution is 0.482. The van der Waals surface area contributed by atoms with Crippen molar-refractivity contribution in [1.29, 1.82) is 0 Å². The van der Waals surface area contributed by atoms with Crippen LogP contribution in [-0.2, 0) is 20.1 Å². The summed E-state index contributed by atoms with van der Waals surface area (Å²) < 4.78 is 3.44. The molecule has 0 aliphatic carbocycles. The van der Waals surface area contributed by atoms with E-state index in [1.54, 1.807) is 21.5 Å². The minimum absolute atomic E-state index is 0.00713. The Balaban J connectivity index is 2.17. The van der Waals surface area contributed by atoms with Crippen LogP contribution >= 0.6 is 0 Å². The Bertz CT molecular complexity index is 613. The van der Waals surface area contributed by atoms with Gasteiger partial charge in [0.05, 0.1) is 17.9 Å². The van der Waals surface area contributed by atoms with E-state index in [0.29, 0.717) is 18.8 Å². The van der Waals surface area contributed by atoms with Crippen LogP contribution in [0.3, 0.4) is 0 Å². The molecule has 0 saturated heterocycles. The van der Waals surface area contributed by atoms with Crippen molar-refractivity contribution < 1.29 is 0 Å². The molecule has 1 aliphatic heterocycles. The maximum atomic E-state index is 12.0. The van der Waals surface area contributed by atoms with Crippen molar-refractivity contribution in [3.8, 4) is 11.4 Å². The van der Waals surface area contributed by atoms with Gasteiger partial charge in [0.2, 0.25) is 0 Å². The zero-order chi connectivity index (χ0) is 11.8. The first-order valence-electron chi connectivity index (χ1n) is 5.55. The molecule has 0 atom stereocenters. The number of aryl methyl sites for hydroxylation is 1. The molecule has 1 aliphatic rings. The Labute approximate surface area is 97.9 Å². The van der Waals surface area contributed by atoms with E-state index in [9.17, 15) is 4.79 Å². The molecule has 0 amide bonds. The number of hydrogen-bond donors (Lipinski definition) is 1. The molecule has 17 heavy (non-hydrogen) atoms. The molecule has 3 heterocycles. The van der Waals surface area contributed by atoms with Crippen LogP contribution in [0.15, 0.2) is 23.1 Å². The lowest BCUT2D eigenvalue weighted by Gasteiger charge is -2.18. The Hall–Kier alpha value is -1.95. The summed E-state index contributed by atoms with van der Waals surface area (Å²) in [5.74, 6) is 0.792. The van der Waals surface area contributed by atoms with Crippen LogP contribution in [0.1, 0.15) is 5.82 Å². The van der Waals surface area contributed by atoms with Gasteiger partial charge in [-0.2, -0.15) is 5.10 Å². The summed E-state index contributed by atoms with van der Waals surface area (Å²) in [4.78, 5) is 16.5. The summed E-state index contributed by atoms with van der Waals surface area (Å²) in [7, 11) is 1.84. The maximum Gasteiger partial charge on any atom is 0.254 e. The molecule has 0 saturated carbocycles. The molecule has 0 bridgehead atoms. The highest BCUT2D eigenvalue weighted by atomic mass is 16.1. The molecular weight excluding hydrogens is 218 g/mol. The van der Waals surface area contributed by atoms with Crippen LogP contribution in [0.5, 0.6) is 0 Å². The summed E-state index contributed by atoms with van der Waals surface area (Å²) in [5.41, 5.74) is 1.55. The second-order valence-electron chi connectivity index (χ2n) is 4.06. The molecule has 88 valence electrons. The van der Waals surface area contributed by atoms with E-state index in [2.05, 4.69) is 15.4 Å². The van der Waals surface area contributed by atoms with Gasteiger partial charge in [0.25, 0.3) is 5.56 Å². The topological polar surface area (TPSA) is 64.7 Å². The molecule has 2 aromatic rings. The lowest BCUT2D eigenvalue weighted by atomic mass is 10.2. The molecule has 6 nitrogen and oxygen atoms in total. The monoisotopic (exact) mass is 231 g/mol. The second kappa shape index (κ2) is 3.81. The highest BCUT2D eigenvalue weighted by Crippen LogP contribution is 2.14. The summed E-state index contributed by atoms with van der Waals surface area (Å²) in [6.07, 6.45) is 1.70. The van der Waals surface area contributed by atoms with E-state index in [-0.39, 0.29) is 5.56 Å². The standard InChI is InChI=1S/C11H13N5O/c1-15-9(2-3-13-15)8-6-11(17)16-5-4-12-7-10(16)14-8/h2-3,6,12H,4-5,7H2,1H3. The number of rotatable bonds is 1. The molecule has 0 radical (unpaired) electrons. The van der Waals surface area contributed by atoms with Crippen LogP contribution in [0.25, 0.3) is 11.4 Å². The quantitative estimate of drug-likeness (QED) is 0.735. The van der Waals surface area contributed by atoms with Gasteiger partial charge in [0, 0.05) is 32.4 Å². The third-order valence-electron chi connectivity index (χ3n) is 2.97. The van der Waals surface area contributed by atoms with Crippen LogP contribution in [0, 0.1) is 0 Å². The maximum absolute atomic E-state index is 12.0. The Morgan fingerprint density at radius 1 is 1.47 bits per heavy atom. The van der Waals surface area contributed by atoms with E-state index in [1.165, 1.54) is 0 Å². The first-order chi connectivity index (χ1) is 8.25. The third kappa shape index (κ3) is 1.66. The number of nitrogens with zero attached hydrogens (tertiary/aromatic N) is 4. The van der Waals surface area contributed by atoms with Crippen molar-refractivity contribution in [3.63, 3.8) is 0 Å².